The SMILES string of the molecule is C[C@]12C=CC(=O)C=C1CCC1C2[C@@H](O)C[C@@]2(C)C1CC[C@@]2(C)O. The molecule has 0 spiro atoms. The second-order valence-corrected chi connectivity index (χ2v) is 9.02. The van der Waals surface area contributed by atoms with Gasteiger partial charge in [-0.2, -0.15) is 0 Å². The number of carbonyl (C=O) groups excluding carboxylic acids is 1. The summed E-state index contributed by atoms with van der Waals surface area (Å²) in [6.07, 6.45) is 9.61. The van der Waals surface area contributed by atoms with Gasteiger partial charge in [-0.3, -0.25) is 4.79 Å². The summed E-state index contributed by atoms with van der Waals surface area (Å²) in [5.74, 6) is 1.14. The molecule has 0 amide bonds. The van der Waals surface area contributed by atoms with Crippen LogP contribution in [-0.2, 0) is 4.79 Å². The van der Waals surface area contributed by atoms with Crippen molar-refractivity contribution in [3.63, 3.8) is 0 Å². The van der Waals surface area contributed by atoms with Gasteiger partial charge in [0.15, 0.2) is 5.78 Å². The van der Waals surface area contributed by atoms with Gasteiger partial charge in [-0.1, -0.05) is 25.5 Å². The standard InChI is InChI=1S/C20H28O3/c1-18-8-6-13(21)10-12(18)4-5-14-15-7-9-20(3,23)19(15,2)11-16(22)17(14)18/h6,8,10,14-17,22-23H,4-5,7,9,11H2,1-3H3/t14?,15?,16-,17?,18-,19-,20+/m0/s1. The van der Waals surface area contributed by atoms with Crippen LogP contribution in [0.25, 0.3) is 0 Å². The average Bonchev–Trinajstić information content (AvgIpc) is 2.69. The molecule has 4 aliphatic carbocycles. The molecule has 3 nitrogen and oxygen atoms in total. The molecule has 3 fully saturated rings. The normalized spacial score (nSPS) is 55.0. The van der Waals surface area contributed by atoms with E-state index in [1.54, 1.807) is 12.2 Å². The van der Waals surface area contributed by atoms with Crippen molar-refractivity contribution in [2.75, 3.05) is 0 Å². The van der Waals surface area contributed by atoms with E-state index < -0.39 is 11.7 Å². The van der Waals surface area contributed by atoms with Crippen molar-refractivity contribution >= 4 is 5.78 Å². The maximum atomic E-state index is 11.8. The second-order valence-electron chi connectivity index (χ2n) is 9.02. The molecule has 0 bridgehead atoms. The highest BCUT2D eigenvalue weighted by Crippen LogP contribution is 2.66. The van der Waals surface area contributed by atoms with E-state index in [2.05, 4.69) is 13.8 Å². The van der Waals surface area contributed by atoms with Crippen molar-refractivity contribution in [1.29, 1.82) is 0 Å². The predicted octanol–water partition coefficient (Wildman–Crippen LogP) is 3.02. The number of hydrogen-bond acceptors (Lipinski definition) is 3. The number of aliphatic hydroxyl groups excluding tert-OH is 1. The van der Waals surface area contributed by atoms with E-state index in [1.165, 1.54) is 5.57 Å². The summed E-state index contributed by atoms with van der Waals surface area (Å²) < 4.78 is 0. The molecular formula is C20H28O3. The Morgan fingerprint density at radius 1 is 1.22 bits per heavy atom. The molecule has 7 atom stereocenters. The van der Waals surface area contributed by atoms with Crippen molar-refractivity contribution in [3.8, 4) is 0 Å². The Bertz CT molecular complexity index is 616. The van der Waals surface area contributed by atoms with Crippen LogP contribution in [-0.4, -0.2) is 27.7 Å². The van der Waals surface area contributed by atoms with Crippen LogP contribution in [0.5, 0.6) is 0 Å². The molecule has 0 aromatic rings. The summed E-state index contributed by atoms with van der Waals surface area (Å²) in [7, 11) is 0. The fourth-order valence-electron chi connectivity index (χ4n) is 6.55. The number of hydrogen-bond donors (Lipinski definition) is 2. The van der Waals surface area contributed by atoms with E-state index in [9.17, 15) is 15.0 Å². The Balaban J connectivity index is 1.76. The lowest BCUT2D eigenvalue weighted by atomic mass is 9.46. The Morgan fingerprint density at radius 2 is 1.96 bits per heavy atom. The van der Waals surface area contributed by atoms with E-state index >= 15 is 0 Å². The van der Waals surface area contributed by atoms with Crippen molar-refractivity contribution in [2.24, 2.45) is 28.6 Å². The lowest BCUT2D eigenvalue weighted by Crippen LogP contribution is -2.58. The third kappa shape index (κ3) is 1.87. The first kappa shape index (κ1) is 15.6. The molecule has 4 rings (SSSR count). The van der Waals surface area contributed by atoms with E-state index in [1.807, 2.05) is 13.0 Å². The van der Waals surface area contributed by atoms with E-state index in [0.717, 1.165) is 25.7 Å². The van der Waals surface area contributed by atoms with Crippen molar-refractivity contribution in [2.45, 2.75) is 64.6 Å². The molecule has 0 aromatic carbocycles. The largest absolute Gasteiger partial charge is 0.393 e. The highest BCUT2D eigenvalue weighted by atomic mass is 16.3. The van der Waals surface area contributed by atoms with Crippen molar-refractivity contribution in [1.82, 2.24) is 0 Å². The second kappa shape index (κ2) is 4.58. The molecule has 23 heavy (non-hydrogen) atoms. The number of ketones is 1. The predicted molar refractivity (Wildman–Crippen MR) is 88.6 cm³/mol. The molecular weight excluding hydrogens is 288 g/mol. The fourth-order valence-corrected chi connectivity index (χ4v) is 6.55. The van der Waals surface area contributed by atoms with E-state index in [0.29, 0.717) is 18.3 Å². The van der Waals surface area contributed by atoms with Crippen LogP contribution in [0, 0.1) is 28.6 Å². The third-order valence-corrected chi connectivity index (χ3v) is 8.06. The zero-order valence-electron chi connectivity index (χ0n) is 14.4. The molecule has 3 saturated carbocycles. The van der Waals surface area contributed by atoms with Crippen LogP contribution >= 0.6 is 0 Å². The van der Waals surface area contributed by atoms with Gasteiger partial charge in [0.05, 0.1) is 11.7 Å². The van der Waals surface area contributed by atoms with Crippen LogP contribution < -0.4 is 0 Å². The summed E-state index contributed by atoms with van der Waals surface area (Å²) in [5, 5.41) is 22.0. The van der Waals surface area contributed by atoms with E-state index in [-0.39, 0.29) is 22.5 Å². The molecule has 0 saturated heterocycles. The summed E-state index contributed by atoms with van der Waals surface area (Å²) in [4.78, 5) is 11.8. The van der Waals surface area contributed by atoms with E-state index in [4.69, 9.17) is 0 Å². The summed E-state index contributed by atoms with van der Waals surface area (Å²) >= 11 is 0. The Labute approximate surface area is 138 Å². The number of carbonyl (C=O) groups is 1. The number of fused-ring (bicyclic) bond motifs is 5. The minimum atomic E-state index is -0.682. The minimum Gasteiger partial charge on any atom is -0.393 e. The Hall–Kier alpha value is -0.930. The monoisotopic (exact) mass is 316 g/mol. The van der Waals surface area contributed by atoms with Crippen molar-refractivity contribution < 1.29 is 15.0 Å². The average molecular weight is 316 g/mol. The highest BCUT2D eigenvalue weighted by molar-refractivity contribution is 6.01. The molecule has 0 radical (unpaired) electrons. The topological polar surface area (TPSA) is 57.5 Å². The van der Waals surface area contributed by atoms with Crippen LogP contribution in [0.1, 0.15) is 52.9 Å². The maximum absolute atomic E-state index is 11.8. The molecule has 4 aliphatic rings. The van der Waals surface area contributed by atoms with Gasteiger partial charge in [-0.25, -0.2) is 0 Å². The maximum Gasteiger partial charge on any atom is 0.178 e. The van der Waals surface area contributed by atoms with Crippen LogP contribution in [0.3, 0.4) is 0 Å². The van der Waals surface area contributed by atoms with Gasteiger partial charge < -0.3 is 10.2 Å². The highest BCUT2D eigenvalue weighted by Gasteiger charge is 2.64. The van der Waals surface area contributed by atoms with Gasteiger partial charge in [-0.15, -0.1) is 0 Å². The third-order valence-electron chi connectivity index (χ3n) is 8.06. The van der Waals surface area contributed by atoms with Crippen LogP contribution in [0.4, 0.5) is 0 Å². The Kier molecular flexibility index (Phi) is 3.10. The molecule has 0 aliphatic heterocycles. The van der Waals surface area contributed by atoms with Crippen LogP contribution in [0.15, 0.2) is 23.8 Å². The first-order valence-corrected chi connectivity index (χ1v) is 9.04. The first-order valence-electron chi connectivity index (χ1n) is 9.04. The quantitative estimate of drug-likeness (QED) is 0.722. The summed E-state index contributed by atoms with van der Waals surface area (Å²) in [5.41, 5.74) is 0.114. The minimum absolute atomic E-state index is 0.0786. The smallest absolute Gasteiger partial charge is 0.178 e. The summed E-state index contributed by atoms with van der Waals surface area (Å²) in [6, 6.07) is 0. The zero-order valence-corrected chi connectivity index (χ0v) is 14.4. The van der Waals surface area contributed by atoms with Crippen LogP contribution in [0.2, 0.25) is 0 Å². The first-order chi connectivity index (χ1) is 10.7. The van der Waals surface area contributed by atoms with Crippen molar-refractivity contribution in [3.05, 3.63) is 23.8 Å². The van der Waals surface area contributed by atoms with Gasteiger partial charge in [-0.05, 0) is 63.0 Å². The number of rotatable bonds is 0. The molecule has 126 valence electrons. The van der Waals surface area contributed by atoms with Gasteiger partial charge in [0.25, 0.3) is 0 Å². The zero-order chi connectivity index (χ0) is 16.6. The number of allylic oxidation sites excluding steroid dienone is 4. The lowest BCUT2D eigenvalue weighted by molar-refractivity contribution is -0.157. The Morgan fingerprint density at radius 3 is 2.70 bits per heavy atom. The molecule has 0 heterocycles. The van der Waals surface area contributed by atoms with Gasteiger partial charge in [0, 0.05) is 16.7 Å². The summed E-state index contributed by atoms with van der Waals surface area (Å²) in [6.45, 7) is 6.32. The fraction of sp³-hybridized carbons (Fsp3) is 0.750. The lowest BCUT2D eigenvalue weighted by Gasteiger charge is -2.59. The molecule has 2 N–H and O–H groups in total. The van der Waals surface area contributed by atoms with Gasteiger partial charge in [0.2, 0.25) is 0 Å². The number of aliphatic hydroxyl groups is 2. The molecule has 0 aromatic heterocycles. The molecule has 3 unspecified atom stereocenters. The molecule has 3 heteroatoms. The van der Waals surface area contributed by atoms with Gasteiger partial charge >= 0.3 is 0 Å². The van der Waals surface area contributed by atoms with Gasteiger partial charge in [0.1, 0.15) is 0 Å².